The van der Waals surface area contributed by atoms with Gasteiger partial charge in [-0.3, -0.25) is 9.59 Å². The summed E-state index contributed by atoms with van der Waals surface area (Å²) in [5, 5.41) is 27.3. The van der Waals surface area contributed by atoms with Crippen LogP contribution in [0.5, 0.6) is 0 Å². The Bertz CT molecular complexity index is 2020. The number of amides is 1. The Morgan fingerprint density at radius 3 is 2.19 bits per heavy atom. The second kappa shape index (κ2) is 15.2. The molecule has 3 N–H and O–H groups in total. The van der Waals surface area contributed by atoms with Crippen molar-refractivity contribution in [2.45, 2.75) is 127 Å². The number of aliphatic hydroxyl groups is 2. The lowest BCUT2D eigenvalue weighted by Gasteiger charge is -2.68. The van der Waals surface area contributed by atoms with Gasteiger partial charge in [0.1, 0.15) is 36.1 Å². The summed E-state index contributed by atoms with van der Waals surface area (Å²) in [5.41, 5.74) is -8.08. The highest BCUT2D eigenvalue weighted by atomic mass is 19.3. The first-order valence-electron chi connectivity index (χ1n) is 19.7. The summed E-state index contributed by atoms with van der Waals surface area (Å²) in [5.74, 6) is -4.94. The maximum atomic E-state index is 14.7. The lowest BCUT2D eigenvalue weighted by atomic mass is 9.45. The molecule has 12 atom stereocenters. The topological polar surface area (TPSA) is 176 Å². The average Bonchev–Trinajstić information content (AvgIpc) is 3.61. The van der Waals surface area contributed by atoms with Crippen LogP contribution in [0.2, 0.25) is 0 Å². The van der Waals surface area contributed by atoms with Crippen molar-refractivity contribution in [1.29, 1.82) is 0 Å². The predicted octanol–water partition coefficient (Wildman–Crippen LogP) is 4.84. The molecule has 13 nitrogen and oxygen atoms in total. The third kappa shape index (κ3) is 6.78. The number of carbonyl (C=O) groups excluding carboxylic acids is 4. The Morgan fingerprint density at radius 2 is 1.63 bits per heavy atom. The number of rotatable bonds is 10. The van der Waals surface area contributed by atoms with E-state index in [0.29, 0.717) is 24.0 Å². The number of halogens is 2. The lowest BCUT2D eigenvalue weighted by molar-refractivity contribution is -0.345. The van der Waals surface area contributed by atoms with E-state index in [1.165, 1.54) is 37.3 Å². The van der Waals surface area contributed by atoms with E-state index < -0.39 is 113 Å². The van der Waals surface area contributed by atoms with Gasteiger partial charge in [-0.2, -0.15) is 0 Å². The fourth-order valence-corrected chi connectivity index (χ4v) is 10.4. The molecular weight excluding hydrogens is 772 g/mol. The molecule has 2 heterocycles. The van der Waals surface area contributed by atoms with Crippen molar-refractivity contribution >= 4 is 23.8 Å². The number of fused-ring (bicyclic) bond motifs is 8. The molecule has 2 bridgehead atoms. The van der Waals surface area contributed by atoms with Crippen LogP contribution in [0.15, 0.2) is 84.5 Å². The van der Waals surface area contributed by atoms with E-state index in [1.54, 1.807) is 57.2 Å². The monoisotopic (exact) mass is 823 g/mol. The smallest absolute Gasteiger partial charge is 0.340 e. The predicted molar refractivity (Wildman–Crippen MR) is 205 cm³/mol. The Balaban J connectivity index is 1.37. The van der Waals surface area contributed by atoms with E-state index in [-0.39, 0.29) is 17.7 Å². The molecule has 1 amide bonds. The first-order chi connectivity index (χ1) is 27.7. The highest BCUT2D eigenvalue weighted by Crippen LogP contribution is 2.66. The largest absolute Gasteiger partial charge is 0.456 e. The van der Waals surface area contributed by atoms with Gasteiger partial charge >= 0.3 is 17.9 Å². The average molecular weight is 824 g/mol. The number of nitrogens with one attached hydrogen (secondary N) is 1. The van der Waals surface area contributed by atoms with Crippen LogP contribution in [-0.4, -0.2) is 107 Å². The molecular formula is C44H51F2NO12. The molecule has 15 heteroatoms. The number of carbonyl (C=O) groups is 4. The number of ether oxygens (including phenoxy) is 6. The molecule has 0 unspecified atom stereocenters. The van der Waals surface area contributed by atoms with Gasteiger partial charge in [0.25, 0.3) is 12.3 Å². The van der Waals surface area contributed by atoms with Crippen LogP contribution in [0.1, 0.15) is 81.5 Å². The van der Waals surface area contributed by atoms with Gasteiger partial charge in [-0.05, 0) is 68.2 Å². The molecule has 5 aliphatic rings. The van der Waals surface area contributed by atoms with Gasteiger partial charge in [0, 0.05) is 29.7 Å². The maximum absolute atomic E-state index is 14.7. The summed E-state index contributed by atoms with van der Waals surface area (Å²) < 4.78 is 67.4. The molecule has 7 rings (SSSR count). The highest BCUT2D eigenvalue weighted by molar-refractivity contribution is 5.95. The second-order valence-electron chi connectivity index (χ2n) is 17.3. The minimum Gasteiger partial charge on any atom is -0.456 e. The third-order valence-electron chi connectivity index (χ3n) is 13.6. The zero-order valence-electron chi connectivity index (χ0n) is 33.8. The number of hydrogen-bond acceptors (Lipinski definition) is 12. The van der Waals surface area contributed by atoms with Gasteiger partial charge < -0.3 is 44.0 Å². The van der Waals surface area contributed by atoms with Crippen LogP contribution in [-0.2, 0) is 38.0 Å². The van der Waals surface area contributed by atoms with Crippen molar-refractivity contribution in [2.24, 2.45) is 16.7 Å². The number of alkyl halides is 2. The number of esters is 3. The first-order valence-corrected chi connectivity index (χ1v) is 19.7. The number of benzene rings is 2. The quantitative estimate of drug-likeness (QED) is 0.169. The Labute approximate surface area is 341 Å². The van der Waals surface area contributed by atoms with Crippen molar-refractivity contribution in [3.8, 4) is 0 Å². The van der Waals surface area contributed by atoms with Crippen LogP contribution >= 0.6 is 0 Å². The summed E-state index contributed by atoms with van der Waals surface area (Å²) in [6.45, 7) is 12.9. The normalized spacial score (nSPS) is 35.8. The van der Waals surface area contributed by atoms with E-state index in [4.69, 9.17) is 28.4 Å². The molecule has 318 valence electrons. The Morgan fingerprint density at radius 1 is 1.00 bits per heavy atom. The molecule has 2 aliphatic heterocycles. The molecule has 2 saturated carbocycles. The minimum atomic E-state index is -3.42. The van der Waals surface area contributed by atoms with Crippen molar-refractivity contribution in [2.75, 3.05) is 6.61 Å². The number of hydrogen-bond donors (Lipinski definition) is 3. The van der Waals surface area contributed by atoms with Crippen molar-refractivity contribution < 1.29 is 66.6 Å². The van der Waals surface area contributed by atoms with E-state index in [0.717, 1.165) is 6.92 Å². The minimum absolute atomic E-state index is 0.0161. The van der Waals surface area contributed by atoms with Crippen molar-refractivity contribution in [3.63, 3.8) is 0 Å². The highest BCUT2D eigenvalue weighted by Gasteiger charge is 2.77. The fraction of sp³-hybridized carbons (Fsp3) is 0.545. The fourth-order valence-electron chi connectivity index (χ4n) is 10.4. The molecule has 2 saturated heterocycles. The summed E-state index contributed by atoms with van der Waals surface area (Å²) >= 11 is 0. The molecule has 2 aromatic rings. The van der Waals surface area contributed by atoms with E-state index >= 15 is 0 Å². The van der Waals surface area contributed by atoms with Gasteiger partial charge in [-0.25, -0.2) is 18.4 Å². The van der Waals surface area contributed by atoms with Crippen LogP contribution in [0.3, 0.4) is 0 Å². The standard InChI is InChI=1S/C44H51F2NO12/c1-8-29-56-31-30-23(2)27(55-39(51)42(7,52)33(36(45)46)47-37(49)25-15-11-9-12-16-25)21-44(53,40(30,4)5)35(58-38(50)26-17-13-10-14-18-26)32-41(6,34(31)57-29)20-19-28-43(32,22-54-28)59-24(3)48/h8-18,27-29,31-36,52-53H,1,19-22H2,2-7H3,(H,47,49)/t27-,28+,29+,31+,32-,33-,34+,35-,41+,42+,43-,44+/m0/s1. The van der Waals surface area contributed by atoms with Gasteiger partial charge in [0.2, 0.25) is 0 Å². The van der Waals surface area contributed by atoms with Gasteiger partial charge in [-0.1, -0.05) is 63.7 Å². The zero-order valence-corrected chi connectivity index (χ0v) is 33.8. The molecule has 0 aromatic heterocycles. The summed E-state index contributed by atoms with van der Waals surface area (Å²) in [4.78, 5) is 54.4. The Kier molecular flexibility index (Phi) is 11.0. The third-order valence-corrected chi connectivity index (χ3v) is 13.6. The Hall–Kier alpha value is -4.54. The van der Waals surface area contributed by atoms with E-state index in [9.17, 15) is 38.2 Å². The maximum Gasteiger partial charge on any atom is 0.340 e. The summed E-state index contributed by atoms with van der Waals surface area (Å²) in [6, 6.07) is 13.2. The first kappa shape index (κ1) is 42.6. The van der Waals surface area contributed by atoms with Crippen molar-refractivity contribution in [1.82, 2.24) is 5.32 Å². The SMILES string of the molecule is C=C[C@@H]1O[C@@H]2C3=C(C)[C@@H](OC(=O)[C@](C)(O)[C@@H](NC(=O)c4ccccc4)C(F)F)C[C@@](O)([C@@H](OC(=O)c4ccccc4)[C@H]4[C@@](C)(CC[C@H]5OC[C@]54OC(C)=O)[C@@H]2O1)C3(C)C. The molecule has 0 spiro atoms. The molecule has 59 heavy (non-hydrogen) atoms. The van der Waals surface area contributed by atoms with Crippen LogP contribution < -0.4 is 5.32 Å². The molecule has 0 radical (unpaired) electrons. The van der Waals surface area contributed by atoms with E-state index in [2.05, 4.69) is 11.9 Å². The molecule has 2 aromatic carbocycles. The molecule has 3 aliphatic carbocycles. The summed E-state index contributed by atoms with van der Waals surface area (Å²) in [6.07, 6.45) is -8.00. The van der Waals surface area contributed by atoms with Gasteiger partial charge in [0.15, 0.2) is 17.5 Å². The molecule has 4 fully saturated rings. The van der Waals surface area contributed by atoms with E-state index in [1.807, 2.05) is 6.92 Å². The lowest BCUT2D eigenvalue weighted by Crippen LogP contribution is -2.79. The second-order valence-corrected chi connectivity index (χ2v) is 17.3. The van der Waals surface area contributed by atoms with Crippen LogP contribution in [0, 0.1) is 16.7 Å². The van der Waals surface area contributed by atoms with Gasteiger partial charge in [-0.15, -0.1) is 0 Å². The van der Waals surface area contributed by atoms with Crippen LogP contribution in [0.25, 0.3) is 0 Å². The van der Waals surface area contributed by atoms with Gasteiger partial charge in [0.05, 0.1) is 24.2 Å². The van der Waals surface area contributed by atoms with Crippen LogP contribution in [0.4, 0.5) is 8.78 Å². The van der Waals surface area contributed by atoms with Crippen molar-refractivity contribution in [3.05, 3.63) is 95.6 Å². The summed E-state index contributed by atoms with van der Waals surface area (Å²) in [7, 11) is 0. The zero-order chi connectivity index (χ0) is 42.9.